The van der Waals surface area contributed by atoms with E-state index in [2.05, 4.69) is 43.4 Å². The summed E-state index contributed by atoms with van der Waals surface area (Å²) in [6, 6.07) is 8.21. The Morgan fingerprint density at radius 2 is 2.07 bits per heavy atom. The molecule has 2 bridgehead atoms. The van der Waals surface area contributed by atoms with Crippen LogP contribution in [0.2, 0.25) is 0 Å². The number of aliphatic carboxylic acids is 1. The molecule has 3 aliphatic rings. The molecule has 160 valence electrons. The van der Waals surface area contributed by atoms with Crippen molar-refractivity contribution in [3.63, 3.8) is 0 Å². The highest BCUT2D eigenvalue weighted by Crippen LogP contribution is 2.62. The second kappa shape index (κ2) is 8.54. The fraction of sp³-hybridized carbons (Fsp3) is 0.520. The number of carbonyl (C=O) groups is 2. The fourth-order valence-electron chi connectivity index (χ4n) is 5.60. The summed E-state index contributed by atoms with van der Waals surface area (Å²) in [5.41, 5.74) is 1.13. The van der Waals surface area contributed by atoms with Gasteiger partial charge in [0.05, 0.1) is 5.56 Å². The number of thiophene rings is 1. The van der Waals surface area contributed by atoms with Crippen molar-refractivity contribution in [2.24, 2.45) is 23.2 Å². The summed E-state index contributed by atoms with van der Waals surface area (Å²) in [7, 11) is 0. The molecule has 4 nitrogen and oxygen atoms in total. The second-order valence-electron chi connectivity index (χ2n) is 9.48. The van der Waals surface area contributed by atoms with E-state index in [1.165, 1.54) is 6.42 Å². The Labute approximate surface area is 182 Å². The molecule has 30 heavy (non-hydrogen) atoms. The van der Waals surface area contributed by atoms with Gasteiger partial charge < -0.3 is 10.4 Å². The van der Waals surface area contributed by atoms with Crippen LogP contribution >= 0.6 is 11.3 Å². The molecule has 5 rings (SSSR count). The van der Waals surface area contributed by atoms with Gasteiger partial charge in [0.15, 0.2) is 0 Å². The van der Waals surface area contributed by atoms with Crippen LogP contribution in [0.5, 0.6) is 0 Å². The number of allylic oxidation sites excluding steroid dienone is 2. The third-order valence-electron chi connectivity index (χ3n) is 7.49. The number of carboxylic acids is 1. The lowest BCUT2D eigenvalue weighted by Gasteiger charge is -2.62. The van der Waals surface area contributed by atoms with Crippen molar-refractivity contribution >= 4 is 33.3 Å². The van der Waals surface area contributed by atoms with Gasteiger partial charge in [0.2, 0.25) is 0 Å². The Balaban J connectivity index is 1.44. The molecule has 5 heteroatoms. The second-order valence-corrected chi connectivity index (χ2v) is 10.4. The van der Waals surface area contributed by atoms with Gasteiger partial charge in [-0.1, -0.05) is 38.1 Å². The summed E-state index contributed by atoms with van der Waals surface area (Å²) in [5.74, 6) is 1.06. The molecule has 2 aromatic rings. The van der Waals surface area contributed by atoms with E-state index in [1.807, 2.05) is 17.5 Å². The van der Waals surface area contributed by atoms with E-state index in [-0.39, 0.29) is 18.4 Å². The first-order valence-electron chi connectivity index (χ1n) is 11.0. The fourth-order valence-corrected chi connectivity index (χ4v) is 6.51. The molecule has 0 spiro atoms. The summed E-state index contributed by atoms with van der Waals surface area (Å²) in [4.78, 5) is 23.8. The van der Waals surface area contributed by atoms with Crippen LogP contribution in [0.4, 0.5) is 0 Å². The van der Waals surface area contributed by atoms with E-state index >= 15 is 0 Å². The van der Waals surface area contributed by atoms with Crippen LogP contribution in [0.1, 0.15) is 62.7 Å². The number of rotatable bonds is 8. The zero-order chi connectivity index (χ0) is 21.3. The van der Waals surface area contributed by atoms with Crippen LogP contribution in [0.25, 0.3) is 10.1 Å². The number of carboxylic acid groups (broad SMARTS) is 1. The normalized spacial score (nSPS) is 27.1. The molecule has 2 N–H and O–H groups in total. The third kappa shape index (κ3) is 4.04. The summed E-state index contributed by atoms with van der Waals surface area (Å²) in [6.07, 6.45) is 9.28. The van der Waals surface area contributed by atoms with Crippen molar-refractivity contribution in [3.8, 4) is 0 Å². The van der Waals surface area contributed by atoms with Crippen molar-refractivity contribution in [1.29, 1.82) is 0 Å². The van der Waals surface area contributed by atoms with Gasteiger partial charge in [0.1, 0.15) is 0 Å². The Morgan fingerprint density at radius 3 is 2.83 bits per heavy atom. The lowest BCUT2D eigenvalue weighted by atomic mass is 9.44. The zero-order valence-corrected chi connectivity index (χ0v) is 18.6. The van der Waals surface area contributed by atoms with Gasteiger partial charge in [-0.15, -0.1) is 11.3 Å². The Hall–Kier alpha value is -2.14. The standard InChI is InChI=1S/C25H31NO3S/c1-25(2)17-14-20(25)18(9-5-3-4-6-11-22(27)28)21(15-17)26-24(29)19-10-7-8-16-12-13-30-23(16)19/h3,5,7-8,10,12-13,17-18,20-21H,4,6,9,11,14-15H2,1-2H3,(H,26,29)(H,27,28)/t17-,18-,20+,21?/m0/s1. The highest BCUT2D eigenvalue weighted by atomic mass is 32.1. The van der Waals surface area contributed by atoms with Crippen molar-refractivity contribution in [1.82, 2.24) is 5.32 Å². The maximum atomic E-state index is 13.2. The number of amides is 1. The van der Waals surface area contributed by atoms with Gasteiger partial charge in [0, 0.05) is 17.2 Å². The molecule has 1 amide bonds. The largest absolute Gasteiger partial charge is 0.481 e. The molecule has 4 atom stereocenters. The SMILES string of the molecule is CC1(C)[C@@H]2CC(NC(=O)c3cccc4ccsc34)[C@@H](CC=CCCCC(=O)O)[C@H]1C2. The van der Waals surface area contributed by atoms with Gasteiger partial charge in [-0.25, -0.2) is 0 Å². The lowest BCUT2D eigenvalue weighted by molar-refractivity contribution is -0.137. The van der Waals surface area contributed by atoms with Gasteiger partial charge in [-0.3, -0.25) is 9.59 Å². The van der Waals surface area contributed by atoms with Crippen molar-refractivity contribution < 1.29 is 14.7 Å². The van der Waals surface area contributed by atoms with Gasteiger partial charge in [0.25, 0.3) is 5.91 Å². The third-order valence-corrected chi connectivity index (χ3v) is 8.46. The predicted octanol–water partition coefficient (Wildman–Crippen LogP) is 5.88. The monoisotopic (exact) mass is 425 g/mol. The quantitative estimate of drug-likeness (QED) is 0.410. The molecule has 1 unspecified atom stereocenters. The molecule has 1 heterocycles. The van der Waals surface area contributed by atoms with Crippen LogP contribution in [0, 0.1) is 23.2 Å². The lowest BCUT2D eigenvalue weighted by Crippen LogP contribution is -2.61. The number of nitrogens with one attached hydrogen (secondary N) is 1. The average Bonchev–Trinajstić information content (AvgIpc) is 3.19. The Morgan fingerprint density at radius 1 is 1.23 bits per heavy atom. The number of fused-ring (bicyclic) bond motifs is 3. The van der Waals surface area contributed by atoms with E-state index in [4.69, 9.17) is 5.11 Å². The van der Waals surface area contributed by atoms with E-state index in [0.717, 1.165) is 34.9 Å². The number of benzene rings is 1. The molecule has 0 radical (unpaired) electrons. The smallest absolute Gasteiger partial charge is 0.303 e. The maximum absolute atomic E-state index is 13.2. The highest BCUT2D eigenvalue weighted by Gasteiger charge is 2.57. The average molecular weight is 426 g/mol. The minimum atomic E-state index is -0.735. The first-order chi connectivity index (χ1) is 14.4. The summed E-state index contributed by atoms with van der Waals surface area (Å²) in [6.45, 7) is 4.75. The zero-order valence-electron chi connectivity index (χ0n) is 17.8. The summed E-state index contributed by atoms with van der Waals surface area (Å²) < 4.78 is 1.06. The Kier molecular flexibility index (Phi) is 6.01. The number of carbonyl (C=O) groups excluding carboxylic acids is 1. The van der Waals surface area contributed by atoms with Gasteiger partial charge in [-0.2, -0.15) is 0 Å². The molecule has 3 fully saturated rings. The first kappa shape index (κ1) is 21.1. The van der Waals surface area contributed by atoms with Crippen LogP contribution in [0.3, 0.4) is 0 Å². The molecular formula is C25H31NO3S. The minimum Gasteiger partial charge on any atom is -0.481 e. The van der Waals surface area contributed by atoms with Gasteiger partial charge in [-0.05, 0) is 78.2 Å². The number of hydrogen-bond donors (Lipinski definition) is 2. The topological polar surface area (TPSA) is 66.4 Å². The summed E-state index contributed by atoms with van der Waals surface area (Å²) in [5, 5.41) is 15.3. The Bertz CT molecular complexity index is 960. The van der Waals surface area contributed by atoms with Crippen molar-refractivity contribution in [2.45, 2.75) is 58.4 Å². The van der Waals surface area contributed by atoms with E-state index in [1.54, 1.807) is 11.3 Å². The van der Waals surface area contributed by atoms with Crippen LogP contribution in [-0.4, -0.2) is 23.0 Å². The molecule has 3 saturated carbocycles. The first-order valence-corrected chi connectivity index (χ1v) is 11.9. The van der Waals surface area contributed by atoms with Crippen LogP contribution < -0.4 is 5.32 Å². The van der Waals surface area contributed by atoms with E-state index in [9.17, 15) is 9.59 Å². The number of hydrogen-bond acceptors (Lipinski definition) is 3. The summed E-state index contributed by atoms with van der Waals surface area (Å²) >= 11 is 1.62. The molecule has 0 aliphatic heterocycles. The maximum Gasteiger partial charge on any atom is 0.303 e. The predicted molar refractivity (Wildman–Crippen MR) is 122 cm³/mol. The number of unbranched alkanes of at least 4 members (excludes halogenated alkanes) is 1. The van der Waals surface area contributed by atoms with Crippen LogP contribution in [0.15, 0.2) is 41.8 Å². The van der Waals surface area contributed by atoms with Gasteiger partial charge >= 0.3 is 5.97 Å². The molecular weight excluding hydrogens is 394 g/mol. The van der Waals surface area contributed by atoms with Crippen molar-refractivity contribution in [2.75, 3.05) is 0 Å². The van der Waals surface area contributed by atoms with Crippen molar-refractivity contribution in [3.05, 3.63) is 47.4 Å². The molecule has 1 aromatic carbocycles. The van der Waals surface area contributed by atoms with E-state index < -0.39 is 5.97 Å². The molecule has 3 aliphatic carbocycles. The highest BCUT2D eigenvalue weighted by molar-refractivity contribution is 7.17. The van der Waals surface area contributed by atoms with E-state index in [0.29, 0.717) is 29.6 Å². The van der Waals surface area contributed by atoms with Crippen LogP contribution in [-0.2, 0) is 4.79 Å². The molecule has 1 aromatic heterocycles. The minimum absolute atomic E-state index is 0.0441. The molecule has 0 saturated heterocycles.